The third-order valence-electron chi connectivity index (χ3n) is 4.32. The molecule has 0 bridgehead atoms. The van der Waals surface area contributed by atoms with Gasteiger partial charge in [0.25, 0.3) is 0 Å². The summed E-state index contributed by atoms with van der Waals surface area (Å²) in [6, 6.07) is 13.2. The van der Waals surface area contributed by atoms with Crippen LogP contribution in [0.25, 0.3) is 0 Å². The first-order valence-corrected chi connectivity index (χ1v) is 8.73. The van der Waals surface area contributed by atoms with Crippen LogP contribution in [-0.2, 0) is 16.2 Å². The molecule has 0 atom stereocenters. The maximum absolute atomic E-state index is 13.2. The monoisotopic (exact) mass is 371 g/mol. The van der Waals surface area contributed by atoms with E-state index in [1.807, 2.05) is 23.1 Å². The minimum atomic E-state index is -0.351. The van der Waals surface area contributed by atoms with E-state index in [0.717, 1.165) is 5.56 Å². The van der Waals surface area contributed by atoms with E-state index in [0.29, 0.717) is 24.5 Å². The van der Waals surface area contributed by atoms with Crippen molar-refractivity contribution < 1.29 is 18.7 Å². The Morgan fingerprint density at radius 1 is 1.19 bits per heavy atom. The Morgan fingerprint density at radius 2 is 2.00 bits per heavy atom. The van der Waals surface area contributed by atoms with E-state index >= 15 is 0 Å². The lowest BCUT2D eigenvalue weighted by atomic mass is 10.2. The van der Waals surface area contributed by atoms with Crippen molar-refractivity contribution in [3.63, 3.8) is 0 Å². The molecule has 0 spiro atoms. The number of amides is 2. The van der Waals surface area contributed by atoms with Gasteiger partial charge in [-0.15, -0.1) is 0 Å². The number of halogens is 1. The van der Waals surface area contributed by atoms with Crippen LogP contribution in [0, 0.1) is 5.82 Å². The molecule has 1 aliphatic rings. The summed E-state index contributed by atoms with van der Waals surface area (Å²) < 4.78 is 18.8. The predicted octanol–water partition coefficient (Wildman–Crippen LogP) is 2.12. The average molecular weight is 371 g/mol. The van der Waals surface area contributed by atoms with Crippen molar-refractivity contribution in [1.82, 2.24) is 9.80 Å². The number of hydrogen-bond donors (Lipinski definition) is 1. The highest BCUT2D eigenvalue weighted by molar-refractivity contribution is 5.92. The summed E-state index contributed by atoms with van der Waals surface area (Å²) in [7, 11) is 1.76. The molecule has 2 amide bonds. The molecule has 3 rings (SSSR count). The van der Waals surface area contributed by atoms with Crippen LogP contribution in [0.2, 0.25) is 0 Å². The molecular formula is C20H22FN3O3. The number of carbonyl (C=O) groups is 2. The minimum absolute atomic E-state index is 0.0190. The molecule has 142 valence electrons. The minimum Gasteiger partial charge on any atom is -0.489 e. The molecular weight excluding hydrogens is 349 g/mol. The predicted molar refractivity (Wildman–Crippen MR) is 99.9 cm³/mol. The molecule has 7 heteroatoms. The van der Waals surface area contributed by atoms with Crippen molar-refractivity contribution in [3.8, 4) is 5.75 Å². The molecule has 0 aromatic heterocycles. The smallest absolute Gasteiger partial charge is 0.238 e. The van der Waals surface area contributed by atoms with Gasteiger partial charge in [-0.1, -0.05) is 18.2 Å². The normalized spacial score (nSPS) is 14.9. The number of piperazine rings is 1. The Bertz CT molecular complexity index is 828. The van der Waals surface area contributed by atoms with Crippen LogP contribution in [0.1, 0.15) is 5.56 Å². The highest BCUT2D eigenvalue weighted by atomic mass is 19.1. The molecule has 0 unspecified atom stereocenters. The van der Waals surface area contributed by atoms with Gasteiger partial charge in [-0.25, -0.2) is 4.39 Å². The summed E-state index contributed by atoms with van der Waals surface area (Å²) >= 11 is 0. The summed E-state index contributed by atoms with van der Waals surface area (Å²) in [6.45, 7) is 1.99. The Kier molecular flexibility index (Phi) is 6.03. The van der Waals surface area contributed by atoms with Gasteiger partial charge < -0.3 is 15.0 Å². The summed E-state index contributed by atoms with van der Waals surface area (Å²) in [6.07, 6.45) is 0. The number of nitrogens with one attached hydrogen (secondary N) is 1. The van der Waals surface area contributed by atoms with Crippen LogP contribution in [0.15, 0.2) is 48.5 Å². The molecule has 0 saturated carbocycles. The number of ether oxygens (including phenoxy) is 1. The van der Waals surface area contributed by atoms with Crippen LogP contribution in [0.3, 0.4) is 0 Å². The van der Waals surface area contributed by atoms with Crippen LogP contribution < -0.4 is 10.1 Å². The van der Waals surface area contributed by atoms with Gasteiger partial charge in [0.2, 0.25) is 11.8 Å². The van der Waals surface area contributed by atoms with Crippen molar-refractivity contribution in [3.05, 3.63) is 59.9 Å². The molecule has 2 aromatic rings. The summed E-state index contributed by atoms with van der Waals surface area (Å²) in [4.78, 5) is 27.5. The van der Waals surface area contributed by atoms with Crippen LogP contribution >= 0.6 is 0 Å². The highest BCUT2D eigenvalue weighted by Gasteiger charge is 2.22. The number of anilines is 1. The molecule has 6 nitrogen and oxygen atoms in total. The summed E-state index contributed by atoms with van der Waals surface area (Å²) in [5.74, 6) is -0.0545. The summed E-state index contributed by atoms with van der Waals surface area (Å²) in [5.41, 5.74) is 1.51. The van der Waals surface area contributed by atoms with Gasteiger partial charge in [-0.3, -0.25) is 14.5 Å². The fraction of sp³-hybridized carbons (Fsp3) is 0.300. The first-order chi connectivity index (χ1) is 13.0. The lowest BCUT2D eigenvalue weighted by molar-refractivity contribution is -0.135. The Hall–Kier alpha value is -2.93. The van der Waals surface area contributed by atoms with Gasteiger partial charge >= 0.3 is 0 Å². The van der Waals surface area contributed by atoms with Gasteiger partial charge in [0.1, 0.15) is 18.2 Å². The fourth-order valence-corrected chi connectivity index (χ4v) is 2.81. The van der Waals surface area contributed by atoms with Gasteiger partial charge in [-0.05, 0) is 29.8 Å². The molecule has 0 aliphatic carbocycles. The first kappa shape index (κ1) is 18.8. The zero-order chi connectivity index (χ0) is 19.2. The number of likely N-dealkylation sites (N-methyl/N-ethyl adjacent to an activating group) is 1. The zero-order valence-electron chi connectivity index (χ0n) is 15.2. The highest BCUT2D eigenvalue weighted by Crippen LogP contribution is 2.16. The van der Waals surface area contributed by atoms with E-state index in [1.165, 1.54) is 12.1 Å². The van der Waals surface area contributed by atoms with Crippen molar-refractivity contribution >= 4 is 17.5 Å². The third kappa shape index (κ3) is 5.52. The molecule has 1 fully saturated rings. The Labute approximate surface area is 157 Å². The van der Waals surface area contributed by atoms with E-state index in [2.05, 4.69) is 5.32 Å². The second-order valence-electron chi connectivity index (χ2n) is 6.52. The topological polar surface area (TPSA) is 61.9 Å². The molecule has 0 radical (unpaired) electrons. The van der Waals surface area contributed by atoms with Gasteiger partial charge in [0.05, 0.1) is 13.1 Å². The van der Waals surface area contributed by atoms with Crippen molar-refractivity contribution in [2.75, 3.05) is 38.5 Å². The Balaban J connectivity index is 1.52. The largest absolute Gasteiger partial charge is 0.489 e. The van der Waals surface area contributed by atoms with Crippen molar-refractivity contribution in [1.29, 1.82) is 0 Å². The van der Waals surface area contributed by atoms with Gasteiger partial charge in [0.15, 0.2) is 0 Å². The van der Waals surface area contributed by atoms with Crippen LogP contribution in [-0.4, -0.2) is 54.8 Å². The van der Waals surface area contributed by atoms with Crippen molar-refractivity contribution in [2.45, 2.75) is 6.61 Å². The maximum atomic E-state index is 13.2. The van der Waals surface area contributed by atoms with Crippen molar-refractivity contribution in [2.24, 2.45) is 0 Å². The first-order valence-electron chi connectivity index (χ1n) is 8.73. The van der Waals surface area contributed by atoms with E-state index < -0.39 is 0 Å². The number of rotatable bonds is 6. The Morgan fingerprint density at radius 3 is 2.78 bits per heavy atom. The van der Waals surface area contributed by atoms with E-state index in [-0.39, 0.29) is 37.3 Å². The second-order valence-corrected chi connectivity index (χ2v) is 6.52. The van der Waals surface area contributed by atoms with Crippen LogP contribution in [0.4, 0.5) is 10.1 Å². The lowest BCUT2D eigenvalue weighted by Crippen LogP contribution is -2.50. The summed E-state index contributed by atoms with van der Waals surface area (Å²) in [5, 5.41) is 2.84. The number of benzene rings is 2. The van der Waals surface area contributed by atoms with E-state index in [9.17, 15) is 14.0 Å². The molecule has 1 saturated heterocycles. The van der Waals surface area contributed by atoms with Crippen LogP contribution in [0.5, 0.6) is 5.75 Å². The molecule has 1 N–H and O–H groups in total. The quantitative estimate of drug-likeness (QED) is 0.845. The molecule has 27 heavy (non-hydrogen) atoms. The van der Waals surface area contributed by atoms with E-state index in [1.54, 1.807) is 30.1 Å². The molecule has 1 aliphatic heterocycles. The number of nitrogens with zero attached hydrogens (tertiary/aromatic N) is 2. The number of hydrogen-bond acceptors (Lipinski definition) is 4. The third-order valence-corrected chi connectivity index (χ3v) is 4.32. The maximum Gasteiger partial charge on any atom is 0.238 e. The van der Waals surface area contributed by atoms with Gasteiger partial charge in [-0.2, -0.15) is 0 Å². The SMILES string of the molecule is CN1CCN(CC(=O)Nc2cccc(COc3cccc(F)c3)c2)CC1=O. The lowest BCUT2D eigenvalue weighted by Gasteiger charge is -2.31. The second kappa shape index (κ2) is 8.64. The zero-order valence-corrected chi connectivity index (χ0v) is 15.2. The fourth-order valence-electron chi connectivity index (χ4n) is 2.81. The number of carbonyl (C=O) groups excluding carboxylic acids is 2. The average Bonchev–Trinajstić information content (AvgIpc) is 2.63. The standard InChI is InChI=1S/C20H22FN3O3/c1-23-8-9-24(13-20(23)26)12-19(25)22-17-6-2-4-15(10-17)14-27-18-7-3-5-16(21)11-18/h2-7,10-11H,8-9,12-14H2,1H3,(H,22,25). The van der Waals surface area contributed by atoms with Gasteiger partial charge in [0, 0.05) is 31.9 Å². The molecule has 1 heterocycles. The van der Waals surface area contributed by atoms with E-state index in [4.69, 9.17) is 4.74 Å². The molecule has 2 aromatic carbocycles.